The standard InChI is InChI=1S/C27H31N9/c1-32-14-4-5-24(21-32)30-28-22-6-10-25(11-7-22)35-17-19-36(20-18-35)26-12-8-23(9-13-26)29-31-27-33(2)15-16-34(27)3/h4-16,21H,17-20H2,1-3H3/q+2. The first-order valence-electron chi connectivity index (χ1n) is 12.0. The van der Waals surface area contributed by atoms with Gasteiger partial charge in [0.15, 0.2) is 12.4 Å². The fraction of sp³-hybridized carbons (Fsp3) is 0.259. The van der Waals surface area contributed by atoms with E-state index in [1.54, 1.807) is 0 Å². The zero-order valence-electron chi connectivity index (χ0n) is 20.9. The summed E-state index contributed by atoms with van der Waals surface area (Å²) >= 11 is 0. The quantitative estimate of drug-likeness (QED) is 0.292. The minimum atomic E-state index is 0.802. The van der Waals surface area contributed by atoms with Crippen molar-refractivity contribution >= 4 is 34.4 Å². The Morgan fingerprint density at radius 1 is 0.639 bits per heavy atom. The van der Waals surface area contributed by atoms with E-state index in [0.29, 0.717) is 0 Å². The highest BCUT2D eigenvalue weighted by Gasteiger charge is 2.18. The minimum Gasteiger partial charge on any atom is -0.368 e. The number of aromatic nitrogens is 3. The van der Waals surface area contributed by atoms with Crippen molar-refractivity contribution in [1.82, 2.24) is 4.57 Å². The number of anilines is 2. The number of hydrogen-bond donors (Lipinski definition) is 0. The number of nitrogens with zero attached hydrogens (tertiary/aromatic N) is 9. The minimum absolute atomic E-state index is 0.802. The van der Waals surface area contributed by atoms with E-state index in [1.165, 1.54) is 11.4 Å². The number of benzene rings is 2. The first-order chi connectivity index (χ1) is 17.5. The van der Waals surface area contributed by atoms with Crippen LogP contribution < -0.4 is 18.9 Å². The highest BCUT2D eigenvalue weighted by Crippen LogP contribution is 2.26. The third-order valence-electron chi connectivity index (χ3n) is 6.31. The van der Waals surface area contributed by atoms with Gasteiger partial charge in [-0.05, 0) is 54.6 Å². The molecule has 9 nitrogen and oxygen atoms in total. The summed E-state index contributed by atoms with van der Waals surface area (Å²) in [7, 11) is 5.90. The Kier molecular flexibility index (Phi) is 6.79. The molecule has 1 aliphatic heterocycles. The molecule has 0 bridgehead atoms. The Hall–Kier alpha value is -4.40. The molecule has 0 N–H and O–H groups in total. The van der Waals surface area contributed by atoms with Gasteiger partial charge in [0.25, 0.3) is 0 Å². The summed E-state index contributed by atoms with van der Waals surface area (Å²) in [5, 5.41) is 17.5. The van der Waals surface area contributed by atoms with Gasteiger partial charge in [0.2, 0.25) is 0 Å². The lowest BCUT2D eigenvalue weighted by Crippen LogP contribution is -2.46. The maximum atomic E-state index is 4.39. The monoisotopic (exact) mass is 481 g/mol. The fourth-order valence-corrected chi connectivity index (χ4v) is 4.26. The molecule has 2 aromatic heterocycles. The number of imidazole rings is 1. The lowest BCUT2D eigenvalue weighted by molar-refractivity contribution is -0.670. The molecule has 3 heterocycles. The van der Waals surface area contributed by atoms with Crippen molar-refractivity contribution in [2.24, 2.45) is 41.6 Å². The Balaban J connectivity index is 1.15. The maximum absolute atomic E-state index is 4.39. The highest BCUT2D eigenvalue weighted by molar-refractivity contribution is 5.56. The van der Waals surface area contributed by atoms with Crippen molar-refractivity contribution in [2.45, 2.75) is 0 Å². The van der Waals surface area contributed by atoms with Crippen molar-refractivity contribution in [3.8, 4) is 0 Å². The summed E-state index contributed by atoms with van der Waals surface area (Å²) in [5.41, 5.74) is 4.95. The molecule has 1 aliphatic rings. The lowest BCUT2D eigenvalue weighted by Gasteiger charge is -2.37. The van der Waals surface area contributed by atoms with Crippen molar-refractivity contribution in [3.63, 3.8) is 0 Å². The van der Waals surface area contributed by atoms with Gasteiger partial charge in [0.1, 0.15) is 18.4 Å². The molecule has 0 radical (unpaired) electrons. The smallest absolute Gasteiger partial charge is 0.368 e. The Labute approximate surface area is 211 Å². The SMILES string of the molecule is Cn1cc[n+](C)c1N=Nc1ccc(N2CCN(c3ccc(N=Nc4ccc[n+](C)c4)cc3)CC2)cc1. The van der Waals surface area contributed by atoms with E-state index in [0.717, 1.165) is 49.2 Å². The zero-order chi connectivity index (χ0) is 24.9. The Bertz CT molecular complexity index is 1340. The van der Waals surface area contributed by atoms with Crippen LogP contribution in [0.4, 0.5) is 34.4 Å². The molecule has 2 aromatic carbocycles. The second kappa shape index (κ2) is 10.5. The lowest BCUT2D eigenvalue weighted by atomic mass is 10.2. The van der Waals surface area contributed by atoms with Crippen molar-refractivity contribution in [3.05, 3.63) is 85.5 Å². The van der Waals surface area contributed by atoms with Crippen LogP contribution in [0.1, 0.15) is 0 Å². The average molecular weight is 482 g/mol. The van der Waals surface area contributed by atoms with E-state index in [1.807, 2.05) is 96.0 Å². The van der Waals surface area contributed by atoms with Gasteiger partial charge in [-0.3, -0.25) is 0 Å². The topological polar surface area (TPSA) is 68.6 Å². The van der Waals surface area contributed by atoms with Crippen LogP contribution in [0.15, 0.2) is 106 Å². The molecule has 1 saturated heterocycles. The average Bonchev–Trinajstić information content (AvgIpc) is 3.24. The summed E-state index contributed by atoms with van der Waals surface area (Å²) in [6.45, 7) is 3.86. The number of piperazine rings is 1. The number of rotatable bonds is 6. The second-order valence-corrected chi connectivity index (χ2v) is 8.95. The third kappa shape index (κ3) is 5.46. The third-order valence-corrected chi connectivity index (χ3v) is 6.31. The maximum Gasteiger partial charge on any atom is 0.421 e. The largest absolute Gasteiger partial charge is 0.421 e. The Morgan fingerprint density at radius 3 is 1.67 bits per heavy atom. The van der Waals surface area contributed by atoms with Gasteiger partial charge < -0.3 is 9.80 Å². The van der Waals surface area contributed by atoms with Crippen molar-refractivity contribution in [1.29, 1.82) is 0 Å². The number of pyridine rings is 1. The normalized spacial score (nSPS) is 14.3. The van der Waals surface area contributed by atoms with Crippen molar-refractivity contribution < 1.29 is 9.13 Å². The Morgan fingerprint density at radius 2 is 1.17 bits per heavy atom. The molecule has 182 valence electrons. The van der Waals surface area contributed by atoms with E-state index in [2.05, 4.69) is 54.5 Å². The van der Waals surface area contributed by atoms with Gasteiger partial charge in [-0.1, -0.05) is 5.11 Å². The van der Waals surface area contributed by atoms with Gasteiger partial charge in [0.05, 0.1) is 32.2 Å². The summed E-state index contributed by atoms with van der Waals surface area (Å²) in [4.78, 5) is 4.83. The number of aryl methyl sites for hydroxylation is 3. The van der Waals surface area contributed by atoms with Crippen LogP contribution >= 0.6 is 0 Å². The zero-order valence-corrected chi connectivity index (χ0v) is 20.9. The molecule has 0 amide bonds. The van der Waals surface area contributed by atoms with E-state index >= 15 is 0 Å². The molecular formula is C27H31N9+2. The number of hydrogen-bond acceptors (Lipinski definition) is 6. The van der Waals surface area contributed by atoms with E-state index < -0.39 is 0 Å². The van der Waals surface area contributed by atoms with Gasteiger partial charge in [-0.25, -0.2) is 13.7 Å². The first kappa shape index (κ1) is 23.3. The van der Waals surface area contributed by atoms with Gasteiger partial charge in [0, 0.05) is 48.7 Å². The van der Waals surface area contributed by atoms with Crippen LogP contribution in [0.2, 0.25) is 0 Å². The molecular weight excluding hydrogens is 450 g/mol. The van der Waals surface area contributed by atoms with Crippen LogP contribution in [-0.4, -0.2) is 30.7 Å². The summed E-state index contributed by atoms with van der Waals surface area (Å²) in [6, 6.07) is 20.5. The predicted octanol–water partition coefficient (Wildman–Crippen LogP) is 4.83. The fourth-order valence-electron chi connectivity index (χ4n) is 4.26. The van der Waals surface area contributed by atoms with Gasteiger partial charge in [-0.2, -0.15) is 5.11 Å². The molecule has 4 aromatic rings. The molecule has 9 heteroatoms. The molecule has 0 spiro atoms. The summed E-state index contributed by atoms with van der Waals surface area (Å²) in [6.07, 6.45) is 7.84. The summed E-state index contributed by atoms with van der Waals surface area (Å²) in [5.74, 6) is 0.802. The van der Waals surface area contributed by atoms with Crippen LogP contribution in [-0.2, 0) is 21.1 Å². The first-order valence-corrected chi connectivity index (χ1v) is 12.0. The molecule has 36 heavy (non-hydrogen) atoms. The van der Waals surface area contributed by atoms with Gasteiger partial charge >= 0.3 is 5.95 Å². The van der Waals surface area contributed by atoms with Crippen LogP contribution in [0.25, 0.3) is 0 Å². The van der Waals surface area contributed by atoms with E-state index in [9.17, 15) is 0 Å². The molecule has 0 saturated carbocycles. The predicted molar refractivity (Wildman–Crippen MR) is 140 cm³/mol. The van der Waals surface area contributed by atoms with E-state index in [-0.39, 0.29) is 0 Å². The van der Waals surface area contributed by atoms with Crippen LogP contribution in [0.3, 0.4) is 0 Å². The van der Waals surface area contributed by atoms with Crippen molar-refractivity contribution in [2.75, 3.05) is 36.0 Å². The molecule has 1 fully saturated rings. The summed E-state index contributed by atoms with van der Waals surface area (Å²) < 4.78 is 5.85. The highest BCUT2D eigenvalue weighted by atomic mass is 15.3. The van der Waals surface area contributed by atoms with Crippen LogP contribution in [0.5, 0.6) is 0 Å². The van der Waals surface area contributed by atoms with E-state index in [4.69, 9.17) is 0 Å². The molecule has 5 rings (SSSR count). The number of azo groups is 2. The second-order valence-electron chi connectivity index (χ2n) is 8.95. The molecule has 0 atom stereocenters. The molecule has 0 unspecified atom stereocenters. The van der Waals surface area contributed by atoms with Gasteiger partial charge in [-0.15, -0.1) is 5.11 Å². The van der Waals surface area contributed by atoms with Crippen LogP contribution in [0, 0.1) is 0 Å². The molecule has 0 aliphatic carbocycles.